The molecule has 94 valence electrons. The highest BCUT2D eigenvalue weighted by molar-refractivity contribution is 6.29. The van der Waals surface area contributed by atoms with Crippen LogP contribution in [0.15, 0.2) is 36.7 Å². The number of hydrazine groups is 1. The van der Waals surface area contributed by atoms with Gasteiger partial charge >= 0.3 is 0 Å². The molecule has 0 radical (unpaired) electrons. The zero-order valence-electron chi connectivity index (χ0n) is 9.68. The van der Waals surface area contributed by atoms with E-state index in [0.717, 1.165) is 11.1 Å². The molecule has 1 atom stereocenters. The zero-order chi connectivity index (χ0) is 13.0. The first kappa shape index (κ1) is 12.8. The summed E-state index contributed by atoms with van der Waals surface area (Å²) in [6, 6.07) is 7.32. The Hall–Kier alpha value is -1.69. The Balaban J connectivity index is 2.17. The third-order valence-corrected chi connectivity index (χ3v) is 2.86. The predicted molar refractivity (Wildman–Crippen MR) is 71.7 cm³/mol. The quantitative estimate of drug-likeness (QED) is 0.441. The zero-order valence-corrected chi connectivity index (χ0v) is 10.4. The summed E-state index contributed by atoms with van der Waals surface area (Å²) >= 11 is 5.75. The van der Waals surface area contributed by atoms with Gasteiger partial charge in [0.15, 0.2) is 0 Å². The Labute approximate surface area is 110 Å². The summed E-state index contributed by atoms with van der Waals surface area (Å²) in [5.74, 6) is 6.07. The number of hydrogen-bond donors (Lipinski definition) is 3. The van der Waals surface area contributed by atoms with Crippen LogP contribution in [0.5, 0.6) is 0 Å². The van der Waals surface area contributed by atoms with E-state index in [0.29, 0.717) is 17.4 Å². The van der Waals surface area contributed by atoms with Crippen molar-refractivity contribution in [3.63, 3.8) is 0 Å². The molecule has 2 rings (SSSR count). The van der Waals surface area contributed by atoms with Crippen LogP contribution in [0.1, 0.15) is 17.2 Å². The number of halogens is 1. The van der Waals surface area contributed by atoms with Crippen molar-refractivity contribution in [2.24, 2.45) is 5.84 Å². The first-order chi connectivity index (χ1) is 8.69. The lowest BCUT2D eigenvalue weighted by Gasteiger charge is -2.16. The number of hydrogen-bond acceptors (Lipinski definition) is 5. The van der Waals surface area contributed by atoms with Gasteiger partial charge in [-0.15, -0.1) is 0 Å². The Kier molecular flexibility index (Phi) is 4.09. The van der Waals surface area contributed by atoms with Gasteiger partial charge in [-0.3, -0.25) is 11.3 Å². The fourth-order valence-corrected chi connectivity index (χ4v) is 1.84. The number of rotatable bonds is 4. The predicted octanol–water partition coefficient (Wildman–Crippen LogP) is 1.46. The molecular weight excluding hydrogens is 250 g/mol. The largest absolute Gasteiger partial charge is 0.384 e. The number of nitrogens with zero attached hydrogens (tertiary/aromatic N) is 2. The summed E-state index contributed by atoms with van der Waals surface area (Å²) < 4.78 is 0. The van der Waals surface area contributed by atoms with Crippen LogP contribution in [-0.4, -0.2) is 9.97 Å². The van der Waals surface area contributed by atoms with Crippen LogP contribution in [0, 0.1) is 0 Å². The summed E-state index contributed by atoms with van der Waals surface area (Å²) in [5, 5.41) is 0.461. The van der Waals surface area contributed by atoms with Crippen LogP contribution in [0.4, 0.5) is 5.82 Å². The first-order valence-corrected chi connectivity index (χ1v) is 5.85. The van der Waals surface area contributed by atoms with Crippen molar-refractivity contribution < 1.29 is 0 Å². The lowest BCUT2D eigenvalue weighted by Crippen LogP contribution is -2.29. The van der Waals surface area contributed by atoms with Gasteiger partial charge < -0.3 is 5.73 Å². The Morgan fingerprint density at radius 1 is 1.28 bits per heavy atom. The molecule has 0 aliphatic carbocycles. The minimum Gasteiger partial charge on any atom is -0.384 e. The van der Waals surface area contributed by atoms with Crippen molar-refractivity contribution in [3.05, 3.63) is 52.9 Å². The number of aromatic nitrogens is 2. The summed E-state index contributed by atoms with van der Waals surface area (Å²) in [4.78, 5) is 7.99. The molecule has 1 unspecified atom stereocenters. The van der Waals surface area contributed by atoms with E-state index in [4.69, 9.17) is 23.2 Å². The highest BCUT2D eigenvalue weighted by Crippen LogP contribution is 2.18. The molecule has 18 heavy (non-hydrogen) atoms. The molecule has 0 spiro atoms. The Morgan fingerprint density at radius 3 is 2.72 bits per heavy atom. The Bertz CT molecular complexity index is 514. The highest BCUT2D eigenvalue weighted by Gasteiger charge is 2.11. The molecule has 6 heteroatoms. The second kappa shape index (κ2) is 5.77. The topological polar surface area (TPSA) is 89.8 Å². The molecule has 0 saturated carbocycles. The van der Waals surface area contributed by atoms with Crippen LogP contribution in [0.25, 0.3) is 0 Å². The summed E-state index contributed by atoms with van der Waals surface area (Å²) in [6.07, 6.45) is 4.09. The number of anilines is 1. The third-order valence-electron chi connectivity index (χ3n) is 2.64. The average molecular weight is 264 g/mol. The van der Waals surface area contributed by atoms with Crippen molar-refractivity contribution >= 4 is 17.4 Å². The summed E-state index contributed by atoms with van der Waals surface area (Å²) in [7, 11) is 0. The number of nitrogens with one attached hydrogen (secondary N) is 1. The lowest BCUT2D eigenvalue weighted by atomic mass is 10.0. The molecular formula is C12H14ClN5. The molecule has 0 aliphatic rings. The maximum atomic E-state index is 5.75. The molecule has 0 saturated heterocycles. The molecule has 5 N–H and O–H groups in total. The normalized spacial score (nSPS) is 12.3. The second-order valence-corrected chi connectivity index (χ2v) is 4.31. The van der Waals surface area contributed by atoms with Crippen LogP contribution < -0.4 is 17.0 Å². The molecule has 5 nitrogen and oxygen atoms in total. The highest BCUT2D eigenvalue weighted by atomic mass is 35.5. The summed E-state index contributed by atoms with van der Waals surface area (Å²) in [5.41, 5.74) is 10.4. The Morgan fingerprint density at radius 2 is 2.11 bits per heavy atom. The van der Waals surface area contributed by atoms with Crippen LogP contribution in [-0.2, 0) is 6.42 Å². The van der Waals surface area contributed by atoms with Gasteiger partial charge in [-0.25, -0.2) is 9.97 Å². The van der Waals surface area contributed by atoms with Crippen molar-refractivity contribution in [1.29, 1.82) is 0 Å². The fourth-order valence-electron chi connectivity index (χ4n) is 1.72. The van der Waals surface area contributed by atoms with Gasteiger partial charge in [-0.2, -0.15) is 0 Å². The van der Waals surface area contributed by atoms with Gasteiger partial charge in [-0.05, 0) is 35.7 Å². The first-order valence-electron chi connectivity index (χ1n) is 5.47. The molecule has 0 aromatic carbocycles. The average Bonchev–Trinajstić information content (AvgIpc) is 2.37. The van der Waals surface area contributed by atoms with Crippen LogP contribution in [0.2, 0.25) is 5.15 Å². The maximum absolute atomic E-state index is 5.75. The van der Waals surface area contributed by atoms with Gasteiger partial charge in [0.1, 0.15) is 11.0 Å². The minimum atomic E-state index is -0.0448. The van der Waals surface area contributed by atoms with Crippen molar-refractivity contribution in [2.45, 2.75) is 12.5 Å². The van der Waals surface area contributed by atoms with Gasteiger partial charge in [0, 0.05) is 12.4 Å². The molecule has 2 aromatic rings. The molecule has 0 bridgehead atoms. The molecule has 2 aromatic heterocycles. The van der Waals surface area contributed by atoms with Crippen molar-refractivity contribution in [2.75, 3.05) is 5.73 Å². The standard InChI is InChI=1S/C12H14ClN5/c13-11-2-1-9(7-17-11)10(18-15)5-8-3-4-16-12(14)6-8/h1-4,6-7,10,18H,5,15H2,(H2,14,16). The van der Waals surface area contributed by atoms with E-state index in [-0.39, 0.29) is 6.04 Å². The number of pyridine rings is 2. The lowest BCUT2D eigenvalue weighted by molar-refractivity contribution is 0.550. The second-order valence-electron chi connectivity index (χ2n) is 3.93. The smallest absolute Gasteiger partial charge is 0.129 e. The monoisotopic (exact) mass is 263 g/mol. The maximum Gasteiger partial charge on any atom is 0.129 e. The summed E-state index contributed by atoms with van der Waals surface area (Å²) in [6.45, 7) is 0. The van der Waals surface area contributed by atoms with Gasteiger partial charge in [0.05, 0.1) is 6.04 Å². The fraction of sp³-hybridized carbons (Fsp3) is 0.167. The van der Waals surface area contributed by atoms with Gasteiger partial charge in [-0.1, -0.05) is 17.7 Å². The third kappa shape index (κ3) is 3.16. The van der Waals surface area contributed by atoms with E-state index >= 15 is 0 Å². The number of nitrogens with two attached hydrogens (primary N) is 2. The van der Waals surface area contributed by atoms with Crippen LogP contribution in [0.3, 0.4) is 0 Å². The molecule has 0 fully saturated rings. The van der Waals surface area contributed by atoms with E-state index in [1.807, 2.05) is 18.2 Å². The molecule has 0 amide bonds. The minimum absolute atomic E-state index is 0.0448. The number of nitrogen functional groups attached to an aromatic ring is 1. The van der Waals surface area contributed by atoms with E-state index < -0.39 is 0 Å². The molecule has 2 heterocycles. The van der Waals surface area contributed by atoms with E-state index in [9.17, 15) is 0 Å². The molecule has 0 aliphatic heterocycles. The van der Waals surface area contributed by atoms with Crippen LogP contribution >= 0.6 is 11.6 Å². The van der Waals surface area contributed by atoms with Crippen molar-refractivity contribution in [1.82, 2.24) is 15.4 Å². The van der Waals surface area contributed by atoms with E-state index in [1.165, 1.54) is 0 Å². The SMILES string of the molecule is NNC(Cc1ccnc(N)c1)c1ccc(Cl)nc1. The van der Waals surface area contributed by atoms with E-state index in [2.05, 4.69) is 15.4 Å². The van der Waals surface area contributed by atoms with Gasteiger partial charge in [0.25, 0.3) is 0 Å². The van der Waals surface area contributed by atoms with Gasteiger partial charge in [0.2, 0.25) is 0 Å². The van der Waals surface area contributed by atoms with E-state index in [1.54, 1.807) is 18.5 Å². The van der Waals surface area contributed by atoms with Crippen molar-refractivity contribution in [3.8, 4) is 0 Å².